The number of anilines is 2. The first-order valence-electron chi connectivity index (χ1n) is 7.46. The van der Waals surface area contributed by atoms with E-state index in [2.05, 4.69) is 26.7 Å². The fraction of sp³-hybridized carbons (Fsp3) is 0.167. The first kappa shape index (κ1) is 14.8. The molecule has 0 aliphatic rings. The third kappa shape index (κ3) is 3.55. The summed E-state index contributed by atoms with van der Waals surface area (Å²) in [6.45, 7) is 3.41. The molecule has 23 heavy (non-hydrogen) atoms. The highest BCUT2D eigenvalue weighted by Gasteiger charge is 2.04. The van der Waals surface area contributed by atoms with Crippen LogP contribution in [-0.2, 0) is 0 Å². The lowest BCUT2D eigenvalue weighted by Gasteiger charge is -2.09. The van der Waals surface area contributed by atoms with Crippen molar-refractivity contribution in [3.05, 3.63) is 59.8 Å². The van der Waals surface area contributed by atoms with Crippen LogP contribution in [0.25, 0.3) is 10.9 Å². The van der Waals surface area contributed by atoms with Gasteiger partial charge in [0.1, 0.15) is 11.6 Å². The van der Waals surface area contributed by atoms with Crippen molar-refractivity contribution < 1.29 is 0 Å². The molecule has 3 aromatic rings. The highest BCUT2D eigenvalue weighted by Crippen LogP contribution is 2.19. The Morgan fingerprint density at radius 1 is 1.04 bits per heavy atom. The van der Waals surface area contributed by atoms with Crippen molar-refractivity contribution in [2.75, 3.05) is 23.7 Å². The summed E-state index contributed by atoms with van der Waals surface area (Å²) in [6, 6.07) is 15.6. The molecule has 2 heterocycles. The molecular formula is C18H17N5. The van der Waals surface area contributed by atoms with Gasteiger partial charge < -0.3 is 10.6 Å². The van der Waals surface area contributed by atoms with Crippen molar-refractivity contribution in [3.63, 3.8) is 0 Å². The van der Waals surface area contributed by atoms with Crippen molar-refractivity contribution >= 4 is 22.5 Å². The zero-order valence-electron chi connectivity index (χ0n) is 12.9. The number of nitriles is 1. The summed E-state index contributed by atoms with van der Waals surface area (Å²) in [5.41, 5.74) is 2.59. The van der Waals surface area contributed by atoms with Gasteiger partial charge in [-0.1, -0.05) is 24.3 Å². The second-order valence-corrected chi connectivity index (χ2v) is 5.26. The SMILES string of the molecule is Cc1ccc(NCCNc2cc(C#N)c3ccccc3n2)nc1. The standard InChI is InChI=1S/C18H17N5/c1-13-6-7-17(22-12-13)20-8-9-21-18-10-14(11-19)15-4-2-3-5-16(15)23-18/h2-7,10,12H,8-9H2,1H3,(H,20,22)(H,21,23). The molecule has 3 rings (SSSR count). The van der Waals surface area contributed by atoms with E-state index in [0.29, 0.717) is 24.5 Å². The summed E-state index contributed by atoms with van der Waals surface area (Å²) < 4.78 is 0. The zero-order valence-corrected chi connectivity index (χ0v) is 12.9. The van der Waals surface area contributed by atoms with E-state index in [1.54, 1.807) is 6.07 Å². The fourth-order valence-corrected chi connectivity index (χ4v) is 2.31. The quantitative estimate of drug-likeness (QED) is 0.707. The lowest BCUT2D eigenvalue weighted by atomic mass is 10.1. The molecule has 0 spiro atoms. The van der Waals surface area contributed by atoms with Gasteiger partial charge >= 0.3 is 0 Å². The maximum absolute atomic E-state index is 9.28. The summed E-state index contributed by atoms with van der Waals surface area (Å²) in [7, 11) is 0. The summed E-state index contributed by atoms with van der Waals surface area (Å²) in [5.74, 6) is 1.56. The number of rotatable bonds is 5. The first-order valence-corrected chi connectivity index (χ1v) is 7.46. The molecule has 0 amide bonds. The fourth-order valence-electron chi connectivity index (χ4n) is 2.31. The molecule has 2 aromatic heterocycles. The van der Waals surface area contributed by atoms with Gasteiger partial charge in [0.2, 0.25) is 0 Å². The predicted molar refractivity (Wildman–Crippen MR) is 92.4 cm³/mol. The predicted octanol–water partition coefficient (Wildman–Crippen LogP) is 3.33. The summed E-state index contributed by atoms with van der Waals surface area (Å²) in [6.07, 6.45) is 1.83. The summed E-state index contributed by atoms with van der Waals surface area (Å²) in [4.78, 5) is 8.83. The van der Waals surface area contributed by atoms with Crippen LogP contribution in [0.5, 0.6) is 0 Å². The highest BCUT2D eigenvalue weighted by molar-refractivity contribution is 5.86. The Balaban J connectivity index is 1.63. The minimum Gasteiger partial charge on any atom is -0.368 e. The van der Waals surface area contributed by atoms with E-state index in [1.807, 2.05) is 49.5 Å². The second-order valence-electron chi connectivity index (χ2n) is 5.26. The molecule has 114 valence electrons. The number of fused-ring (bicyclic) bond motifs is 1. The molecule has 0 atom stereocenters. The molecule has 0 unspecified atom stereocenters. The van der Waals surface area contributed by atoms with Crippen LogP contribution in [0.15, 0.2) is 48.7 Å². The van der Waals surface area contributed by atoms with E-state index in [0.717, 1.165) is 22.3 Å². The lowest BCUT2D eigenvalue weighted by molar-refractivity contribution is 1.05. The molecule has 5 heteroatoms. The smallest absolute Gasteiger partial charge is 0.128 e. The van der Waals surface area contributed by atoms with Crippen LogP contribution in [0.1, 0.15) is 11.1 Å². The topological polar surface area (TPSA) is 73.6 Å². The van der Waals surface area contributed by atoms with Crippen LogP contribution in [0.2, 0.25) is 0 Å². The van der Waals surface area contributed by atoms with Crippen molar-refractivity contribution in [2.45, 2.75) is 6.92 Å². The van der Waals surface area contributed by atoms with Crippen molar-refractivity contribution in [2.24, 2.45) is 0 Å². The van der Waals surface area contributed by atoms with Gasteiger partial charge in [0.15, 0.2) is 0 Å². The number of aryl methyl sites for hydroxylation is 1. The van der Waals surface area contributed by atoms with Gasteiger partial charge in [-0.25, -0.2) is 9.97 Å². The van der Waals surface area contributed by atoms with Crippen molar-refractivity contribution in [1.29, 1.82) is 5.26 Å². The molecule has 1 aromatic carbocycles. The highest BCUT2D eigenvalue weighted by atomic mass is 15.0. The van der Waals surface area contributed by atoms with Gasteiger partial charge in [-0.15, -0.1) is 0 Å². The van der Waals surface area contributed by atoms with E-state index >= 15 is 0 Å². The third-order valence-corrected chi connectivity index (χ3v) is 3.49. The number of para-hydroxylation sites is 1. The summed E-state index contributed by atoms with van der Waals surface area (Å²) in [5, 5.41) is 16.6. The van der Waals surface area contributed by atoms with Crippen LogP contribution in [-0.4, -0.2) is 23.1 Å². The van der Waals surface area contributed by atoms with E-state index in [9.17, 15) is 5.26 Å². The number of nitrogens with zero attached hydrogens (tertiary/aromatic N) is 3. The second kappa shape index (κ2) is 6.75. The molecule has 0 aliphatic heterocycles. The first-order chi connectivity index (χ1) is 11.3. The molecule has 2 N–H and O–H groups in total. The van der Waals surface area contributed by atoms with Crippen LogP contribution in [0.3, 0.4) is 0 Å². The van der Waals surface area contributed by atoms with Gasteiger partial charge in [0, 0.05) is 24.7 Å². The van der Waals surface area contributed by atoms with Crippen LogP contribution in [0.4, 0.5) is 11.6 Å². The van der Waals surface area contributed by atoms with E-state index in [4.69, 9.17) is 0 Å². The lowest BCUT2D eigenvalue weighted by Crippen LogP contribution is -2.15. The normalized spacial score (nSPS) is 10.3. The maximum Gasteiger partial charge on any atom is 0.128 e. The number of nitrogens with one attached hydrogen (secondary N) is 2. The van der Waals surface area contributed by atoms with Crippen LogP contribution >= 0.6 is 0 Å². The Kier molecular flexibility index (Phi) is 4.34. The zero-order chi connectivity index (χ0) is 16.1. The molecule has 0 saturated heterocycles. The number of hydrogen-bond donors (Lipinski definition) is 2. The Bertz CT molecular complexity index is 849. The van der Waals surface area contributed by atoms with Gasteiger partial charge in [0.05, 0.1) is 17.1 Å². The Labute approximate surface area is 135 Å². The molecule has 0 aliphatic carbocycles. The van der Waals surface area contributed by atoms with Gasteiger partial charge in [-0.05, 0) is 30.7 Å². The number of pyridine rings is 2. The average molecular weight is 303 g/mol. The largest absolute Gasteiger partial charge is 0.368 e. The maximum atomic E-state index is 9.28. The molecular weight excluding hydrogens is 286 g/mol. The van der Waals surface area contributed by atoms with Crippen LogP contribution in [0, 0.1) is 18.3 Å². The molecule has 0 bridgehead atoms. The van der Waals surface area contributed by atoms with Gasteiger partial charge in [0.25, 0.3) is 0 Å². The third-order valence-electron chi connectivity index (χ3n) is 3.49. The van der Waals surface area contributed by atoms with Gasteiger partial charge in [-0.3, -0.25) is 0 Å². The van der Waals surface area contributed by atoms with Crippen LogP contribution < -0.4 is 10.6 Å². The van der Waals surface area contributed by atoms with Gasteiger partial charge in [-0.2, -0.15) is 5.26 Å². The number of hydrogen-bond acceptors (Lipinski definition) is 5. The Hall–Kier alpha value is -3.13. The molecule has 0 radical (unpaired) electrons. The Morgan fingerprint density at radius 3 is 2.57 bits per heavy atom. The monoisotopic (exact) mass is 303 g/mol. The Morgan fingerprint density at radius 2 is 1.83 bits per heavy atom. The van der Waals surface area contributed by atoms with Crippen molar-refractivity contribution in [1.82, 2.24) is 9.97 Å². The van der Waals surface area contributed by atoms with E-state index < -0.39 is 0 Å². The molecule has 0 fully saturated rings. The summed E-state index contributed by atoms with van der Waals surface area (Å²) >= 11 is 0. The number of aromatic nitrogens is 2. The molecule has 5 nitrogen and oxygen atoms in total. The van der Waals surface area contributed by atoms with E-state index in [1.165, 1.54) is 0 Å². The molecule has 0 saturated carbocycles. The van der Waals surface area contributed by atoms with E-state index in [-0.39, 0.29) is 0 Å². The number of benzene rings is 1. The van der Waals surface area contributed by atoms with Crippen molar-refractivity contribution in [3.8, 4) is 6.07 Å². The minimum atomic E-state index is 0.631. The minimum absolute atomic E-state index is 0.631. The average Bonchev–Trinajstić information content (AvgIpc) is 2.59.